The van der Waals surface area contributed by atoms with Crippen LogP contribution in [0.5, 0.6) is 0 Å². The van der Waals surface area contributed by atoms with Crippen molar-refractivity contribution in [2.75, 3.05) is 6.26 Å². The van der Waals surface area contributed by atoms with Gasteiger partial charge in [0.1, 0.15) is 5.69 Å². The van der Waals surface area contributed by atoms with Crippen molar-refractivity contribution >= 4 is 15.9 Å². The zero-order valence-electron chi connectivity index (χ0n) is 6.23. The lowest BCUT2D eigenvalue weighted by molar-refractivity contribution is 0.0977. The summed E-state index contributed by atoms with van der Waals surface area (Å²) in [6.45, 7) is 0. The fraction of sp³-hybridized carbons (Fsp3) is 0.200. The molecular formula is C5H7N3O3S. The fourth-order valence-corrected chi connectivity index (χ4v) is 1.05. The third-order valence-electron chi connectivity index (χ3n) is 1.02. The van der Waals surface area contributed by atoms with Gasteiger partial charge in [-0.3, -0.25) is 9.89 Å². The topological polar surface area (TPSA) is 91.9 Å². The summed E-state index contributed by atoms with van der Waals surface area (Å²) in [4.78, 5) is 11.0. The number of H-pyrrole nitrogens is 1. The smallest absolute Gasteiger partial charge is 0.273 e. The first kappa shape index (κ1) is 8.72. The van der Waals surface area contributed by atoms with E-state index in [2.05, 4.69) is 10.2 Å². The van der Waals surface area contributed by atoms with Crippen LogP contribution in [0.4, 0.5) is 0 Å². The number of aromatic amines is 1. The Morgan fingerprint density at radius 2 is 2.33 bits per heavy atom. The Kier molecular flexibility index (Phi) is 2.13. The first-order valence-corrected chi connectivity index (χ1v) is 4.90. The van der Waals surface area contributed by atoms with Crippen LogP contribution in [0.15, 0.2) is 12.3 Å². The zero-order chi connectivity index (χ0) is 9.19. The largest absolute Gasteiger partial charge is 0.282 e. The molecule has 0 saturated carbocycles. The summed E-state index contributed by atoms with van der Waals surface area (Å²) >= 11 is 0. The van der Waals surface area contributed by atoms with Gasteiger partial charge in [-0.05, 0) is 6.07 Å². The molecule has 1 aromatic heterocycles. The highest BCUT2D eigenvalue weighted by atomic mass is 32.2. The number of nitrogens with one attached hydrogen (secondary N) is 2. The van der Waals surface area contributed by atoms with Gasteiger partial charge in [-0.25, -0.2) is 13.1 Å². The molecule has 1 amide bonds. The summed E-state index contributed by atoms with van der Waals surface area (Å²) in [7, 11) is -3.50. The van der Waals surface area contributed by atoms with Gasteiger partial charge in [0.05, 0.1) is 6.26 Å². The van der Waals surface area contributed by atoms with Gasteiger partial charge in [0.15, 0.2) is 0 Å². The third kappa shape index (κ3) is 2.35. The molecule has 0 aliphatic heterocycles. The molecule has 66 valence electrons. The molecule has 0 saturated heterocycles. The van der Waals surface area contributed by atoms with Crippen LogP contribution >= 0.6 is 0 Å². The molecule has 0 bridgehead atoms. The number of amides is 1. The van der Waals surface area contributed by atoms with E-state index in [1.807, 2.05) is 0 Å². The average molecular weight is 189 g/mol. The Bertz CT molecular complexity index is 367. The number of hydrogen-bond donors (Lipinski definition) is 2. The van der Waals surface area contributed by atoms with Gasteiger partial charge in [0.25, 0.3) is 5.91 Å². The molecule has 0 radical (unpaired) electrons. The normalized spacial score (nSPS) is 11.1. The van der Waals surface area contributed by atoms with Crippen molar-refractivity contribution in [2.24, 2.45) is 0 Å². The molecule has 1 rings (SSSR count). The molecule has 0 fully saturated rings. The second kappa shape index (κ2) is 2.94. The maximum absolute atomic E-state index is 11.0. The molecule has 0 unspecified atom stereocenters. The third-order valence-corrected chi connectivity index (χ3v) is 1.58. The van der Waals surface area contributed by atoms with E-state index in [-0.39, 0.29) is 5.69 Å². The second-order valence-electron chi connectivity index (χ2n) is 2.17. The summed E-state index contributed by atoms with van der Waals surface area (Å²) in [5, 5.41) is 5.83. The second-order valence-corrected chi connectivity index (χ2v) is 3.92. The first-order valence-electron chi connectivity index (χ1n) is 3.00. The number of nitrogens with zero attached hydrogens (tertiary/aromatic N) is 1. The number of aromatic nitrogens is 2. The van der Waals surface area contributed by atoms with E-state index in [9.17, 15) is 13.2 Å². The number of sulfonamides is 1. The van der Waals surface area contributed by atoms with Crippen molar-refractivity contribution in [3.63, 3.8) is 0 Å². The molecule has 6 nitrogen and oxygen atoms in total. The summed E-state index contributed by atoms with van der Waals surface area (Å²) < 4.78 is 22.9. The SMILES string of the molecule is CS(=O)(=O)NC(=O)c1ccn[nH]1. The maximum Gasteiger partial charge on any atom is 0.282 e. The molecule has 1 heterocycles. The van der Waals surface area contributed by atoms with Crippen LogP contribution in [0.25, 0.3) is 0 Å². The molecule has 12 heavy (non-hydrogen) atoms. The van der Waals surface area contributed by atoms with Crippen LogP contribution in [0.2, 0.25) is 0 Å². The Morgan fingerprint density at radius 1 is 1.67 bits per heavy atom. The van der Waals surface area contributed by atoms with Crippen LogP contribution < -0.4 is 4.72 Å². The molecule has 1 aromatic rings. The molecule has 0 atom stereocenters. The van der Waals surface area contributed by atoms with Crippen LogP contribution in [-0.4, -0.2) is 30.8 Å². The molecule has 7 heteroatoms. The molecule has 0 aromatic carbocycles. The van der Waals surface area contributed by atoms with Crippen molar-refractivity contribution < 1.29 is 13.2 Å². The zero-order valence-corrected chi connectivity index (χ0v) is 7.05. The number of hydrogen-bond acceptors (Lipinski definition) is 4. The van der Waals surface area contributed by atoms with Crippen molar-refractivity contribution in [3.8, 4) is 0 Å². The molecule has 0 aliphatic carbocycles. The van der Waals surface area contributed by atoms with Gasteiger partial charge in [0, 0.05) is 6.20 Å². The number of rotatable bonds is 2. The summed E-state index contributed by atoms with van der Waals surface area (Å²) in [5.74, 6) is -0.713. The van der Waals surface area contributed by atoms with Gasteiger partial charge in [0.2, 0.25) is 10.0 Å². The van der Waals surface area contributed by atoms with E-state index in [0.29, 0.717) is 0 Å². The van der Waals surface area contributed by atoms with Gasteiger partial charge < -0.3 is 0 Å². The predicted octanol–water partition coefficient (Wildman–Crippen LogP) is -0.901. The van der Waals surface area contributed by atoms with E-state index in [0.717, 1.165) is 6.26 Å². The minimum absolute atomic E-state index is 0.112. The van der Waals surface area contributed by atoms with Crippen LogP contribution in [0.1, 0.15) is 10.5 Å². The van der Waals surface area contributed by atoms with Crippen LogP contribution in [0, 0.1) is 0 Å². The van der Waals surface area contributed by atoms with Crippen molar-refractivity contribution in [2.45, 2.75) is 0 Å². The van der Waals surface area contributed by atoms with Crippen molar-refractivity contribution in [1.82, 2.24) is 14.9 Å². The number of carbonyl (C=O) groups excluding carboxylic acids is 1. The minimum atomic E-state index is -3.50. The Hall–Kier alpha value is -1.37. The van der Waals surface area contributed by atoms with E-state index in [1.165, 1.54) is 12.3 Å². The Morgan fingerprint density at radius 3 is 2.75 bits per heavy atom. The van der Waals surface area contributed by atoms with Crippen LogP contribution in [-0.2, 0) is 10.0 Å². The molecule has 2 N–H and O–H groups in total. The number of carbonyl (C=O) groups is 1. The van der Waals surface area contributed by atoms with Gasteiger partial charge in [-0.1, -0.05) is 0 Å². The van der Waals surface area contributed by atoms with E-state index in [1.54, 1.807) is 4.72 Å². The predicted molar refractivity (Wildman–Crippen MR) is 40.9 cm³/mol. The highest BCUT2D eigenvalue weighted by Gasteiger charge is 2.11. The Balaban J connectivity index is 2.76. The lowest BCUT2D eigenvalue weighted by Gasteiger charge is -1.97. The van der Waals surface area contributed by atoms with E-state index < -0.39 is 15.9 Å². The summed E-state index contributed by atoms with van der Waals surface area (Å²) in [6.07, 6.45) is 2.26. The first-order chi connectivity index (χ1) is 5.49. The van der Waals surface area contributed by atoms with Crippen molar-refractivity contribution in [1.29, 1.82) is 0 Å². The van der Waals surface area contributed by atoms with Gasteiger partial charge in [-0.2, -0.15) is 5.10 Å². The lowest BCUT2D eigenvalue weighted by Crippen LogP contribution is -2.29. The maximum atomic E-state index is 11.0. The monoisotopic (exact) mass is 189 g/mol. The van der Waals surface area contributed by atoms with Gasteiger partial charge >= 0.3 is 0 Å². The molecular weight excluding hydrogens is 182 g/mol. The molecule has 0 spiro atoms. The highest BCUT2D eigenvalue weighted by Crippen LogP contribution is 1.91. The minimum Gasteiger partial charge on any atom is -0.273 e. The summed E-state index contributed by atoms with van der Waals surface area (Å²) in [6, 6.07) is 1.38. The van der Waals surface area contributed by atoms with Crippen molar-refractivity contribution in [3.05, 3.63) is 18.0 Å². The van der Waals surface area contributed by atoms with Gasteiger partial charge in [-0.15, -0.1) is 0 Å². The van der Waals surface area contributed by atoms with E-state index >= 15 is 0 Å². The molecule has 0 aliphatic rings. The lowest BCUT2D eigenvalue weighted by atomic mass is 10.4. The average Bonchev–Trinajstić information content (AvgIpc) is 2.32. The van der Waals surface area contributed by atoms with Crippen LogP contribution in [0.3, 0.4) is 0 Å². The fourth-order valence-electron chi connectivity index (χ4n) is 0.606. The standard InChI is InChI=1S/C5H7N3O3S/c1-12(10,11)8-5(9)4-2-3-6-7-4/h2-3H,1H3,(H,6,7)(H,8,9). The highest BCUT2D eigenvalue weighted by molar-refractivity contribution is 7.89. The van der Waals surface area contributed by atoms with E-state index in [4.69, 9.17) is 0 Å². The summed E-state index contributed by atoms with van der Waals surface area (Å²) in [5.41, 5.74) is 0.112. The Labute approximate surface area is 69.0 Å². The quantitative estimate of drug-likeness (QED) is 0.630.